The molecule has 0 radical (unpaired) electrons. The highest BCUT2D eigenvalue weighted by atomic mass is 16.5. The Hall–Kier alpha value is -5.92. The molecule has 8 aromatic rings. The zero-order valence-electron chi connectivity index (χ0n) is 25.1. The van der Waals surface area contributed by atoms with Crippen LogP contribution in [0, 0.1) is 0 Å². The quantitative estimate of drug-likeness (QED) is 0.201. The van der Waals surface area contributed by atoms with Gasteiger partial charge < -0.3 is 4.74 Å². The van der Waals surface area contributed by atoms with Crippen LogP contribution in [0.1, 0.15) is 22.3 Å². The van der Waals surface area contributed by atoms with Gasteiger partial charge in [-0.2, -0.15) is 0 Å². The van der Waals surface area contributed by atoms with Gasteiger partial charge in [-0.3, -0.25) is 0 Å². The maximum atomic E-state index is 6.65. The highest BCUT2D eigenvalue weighted by Crippen LogP contribution is 2.59. The minimum absolute atomic E-state index is 0.532. The third-order valence-corrected chi connectivity index (χ3v) is 10.1. The van der Waals surface area contributed by atoms with Crippen LogP contribution in [-0.2, 0) is 5.41 Å². The number of fused-ring (bicyclic) bond motifs is 6. The molecule has 0 saturated heterocycles. The van der Waals surface area contributed by atoms with Crippen LogP contribution < -0.4 is 4.74 Å². The lowest BCUT2D eigenvalue weighted by Gasteiger charge is -2.36. The molecule has 1 nitrogen and oxygen atoms in total. The van der Waals surface area contributed by atoms with Gasteiger partial charge in [-0.25, -0.2) is 0 Å². The van der Waals surface area contributed by atoms with E-state index >= 15 is 0 Å². The first kappa shape index (κ1) is 25.4. The number of hydrogen-bond acceptors (Lipinski definition) is 1. The Morgan fingerprint density at radius 2 is 0.891 bits per heavy atom. The van der Waals surface area contributed by atoms with Crippen molar-refractivity contribution in [2.45, 2.75) is 5.41 Å². The Labute approximate surface area is 268 Å². The number of hydrogen-bond donors (Lipinski definition) is 0. The molecule has 0 bridgehead atoms. The summed E-state index contributed by atoms with van der Waals surface area (Å²) in [5.41, 5.74) is 12.0. The highest BCUT2D eigenvalue weighted by molar-refractivity contribution is 6.08. The molecule has 0 fully saturated rings. The first-order valence-electron chi connectivity index (χ1n) is 15.9. The molecule has 8 aromatic carbocycles. The fourth-order valence-electron chi connectivity index (χ4n) is 8.29. The van der Waals surface area contributed by atoms with E-state index in [2.05, 4.69) is 170 Å². The third kappa shape index (κ3) is 3.35. The molecule has 1 unspecified atom stereocenters. The Morgan fingerprint density at radius 1 is 0.348 bits per heavy atom. The van der Waals surface area contributed by atoms with Crippen molar-refractivity contribution in [2.75, 3.05) is 0 Å². The van der Waals surface area contributed by atoms with Gasteiger partial charge in [-0.1, -0.05) is 146 Å². The van der Waals surface area contributed by atoms with E-state index in [4.69, 9.17) is 4.74 Å². The van der Waals surface area contributed by atoms with Gasteiger partial charge in [0.2, 0.25) is 0 Å². The summed E-state index contributed by atoms with van der Waals surface area (Å²) < 4.78 is 6.65. The molecular formula is C45H28O. The average molecular weight is 585 g/mol. The van der Waals surface area contributed by atoms with Gasteiger partial charge in [0, 0.05) is 10.9 Å². The Morgan fingerprint density at radius 3 is 1.67 bits per heavy atom. The van der Waals surface area contributed by atoms with Gasteiger partial charge in [-0.05, 0) is 90.5 Å². The first-order valence-corrected chi connectivity index (χ1v) is 15.9. The molecule has 1 atom stereocenters. The summed E-state index contributed by atoms with van der Waals surface area (Å²) in [5.74, 6) is 1.81. The predicted octanol–water partition coefficient (Wildman–Crippen LogP) is 11.8. The maximum absolute atomic E-state index is 6.65. The third-order valence-electron chi connectivity index (χ3n) is 10.1. The molecular weight excluding hydrogens is 556 g/mol. The summed E-state index contributed by atoms with van der Waals surface area (Å²) in [5, 5.41) is 4.87. The monoisotopic (exact) mass is 584 g/mol. The number of rotatable bonds is 3. The van der Waals surface area contributed by atoms with Crippen molar-refractivity contribution in [3.63, 3.8) is 0 Å². The lowest BCUT2D eigenvalue weighted by atomic mass is 9.65. The van der Waals surface area contributed by atoms with Crippen molar-refractivity contribution >= 4 is 21.5 Å². The standard InChI is InChI=1S/C45H28O/c1-2-17-32(18-3-1)45(39-24-9-7-20-34(39)37-27-30-13-4-5-14-31(30)28-40(37)45)38-23-8-6-19-33(38)35-21-12-26-42-44(35)36-22-10-15-29-16-11-25-41(46-42)43(29)36/h1-28H. The smallest absolute Gasteiger partial charge is 0.135 e. The normalized spacial score (nSPS) is 15.7. The molecule has 0 spiro atoms. The van der Waals surface area contributed by atoms with Crippen LogP contribution >= 0.6 is 0 Å². The largest absolute Gasteiger partial charge is 0.456 e. The molecule has 1 aliphatic carbocycles. The maximum Gasteiger partial charge on any atom is 0.135 e. The molecule has 0 amide bonds. The molecule has 0 aromatic heterocycles. The van der Waals surface area contributed by atoms with Crippen LogP contribution in [0.2, 0.25) is 0 Å². The molecule has 0 saturated carbocycles. The van der Waals surface area contributed by atoms with Crippen molar-refractivity contribution in [1.29, 1.82) is 0 Å². The van der Waals surface area contributed by atoms with Crippen molar-refractivity contribution < 1.29 is 4.74 Å². The van der Waals surface area contributed by atoms with Crippen LogP contribution in [0.15, 0.2) is 170 Å². The first-order chi connectivity index (χ1) is 22.8. The topological polar surface area (TPSA) is 9.23 Å². The van der Waals surface area contributed by atoms with Crippen LogP contribution in [0.5, 0.6) is 11.5 Å². The number of ether oxygens (including phenoxy) is 1. The summed E-state index contributed by atoms with van der Waals surface area (Å²) in [4.78, 5) is 0. The second-order valence-electron chi connectivity index (χ2n) is 12.4. The summed E-state index contributed by atoms with van der Waals surface area (Å²) in [6.07, 6.45) is 0. The average Bonchev–Trinajstić information content (AvgIpc) is 3.41. The van der Waals surface area contributed by atoms with Gasteiger partial charge in [0.15, 0.2) is 0 Å². The van der Waals surface area contributed by atoms with E-state index in [9.17, 15) is 0 Å². The summed E-state index contributed by atoms with van der Waals surface area (Å²) in [6, 6.07) is 62.1. The zero-order chi connectivity index (χ0) is 30.2. The molecule has 1 heterocycles. The molecule has 214 valence electrons. The molecule has 1 aliphatic heterocycles. The summed E-state index contributed by atoms with van der Waals surface area (Å²) >= 11 is 0. The van der Waals surface area contributed by atoms with Crippen LogP contribution in [0.25, 0.3) is 54.9 Å². The van der Waals surface area contributed by atoms with Crippen molar-refractivity contribution in [1.82, 2.24) is 0 Å². The van der Waals surface area contributed by atoms with Crippen LogP contribution in [0.4, 0.5) is 0 Å². The Bertz CT molecular complexity index is 2500. The van der Waals surface area contributed by atoms with Gasteiger partial charge in [0.05, 0.1) is 5.41 Å². The van der Waals surface area contributed by atoms with Crippen molar-refractivity contribution in [3.05, 3.63) is 192 Å². The minimum atomic E-state index is -0.532. The fourth-order valence-corrected chi connectivity index (χ4v) is 8.29. The van der Waals surface area contributed by atoms with Gasteiger partial charge in [0.25, 0.3) is 0 Å². The molecule has 46 heavy (non-hydrogen) atoms. The molecule has 10 rings (SSSR count). The van der Waals surface area contributed by atoms with E-state index in [1.807, 2.05) is 0 Å². The summed E-state index contributed by atoms with van der Waals surface area (Å²) in [6.45, 7) is 0. The second-order valence-corrected chi connectivity index (χ2v) is 12.4. The molecule has 1 heteroatoms. The second kappa shape index (κ2) is 9.54. The Kier molecular flexibility index (Phi) is 5.27. The van der Waals surface area contributed by atoms with E-state index in [1.54, 1.807) is 0 Å². The lowest BCUT2D eigenvalue weighted by Crippen LogP contribution is -2.29. The van der Waals surface area contributed by atoms with Crippen LogP contribution in [-0.4, -0.2) is 0 Å². The van der Waals surface area contributed by atoms with E-state index < -0.39 is 5.41 Å². The highest BCUT2D eigenvalue weighted by Gasteiger charge is 2.47. The minimum Gasteiger partial charge on any atom is -0.456 e. The van der Waals surface area contributed by atoms with E-state index in [-0.39, 0.29) is 0 Å². The zero-order valence-corrected chi connectivity index (χ0v) is 25.1. The van der Waals surface area contributed by atoms with E-state index in [0.717, 1.165) is 17.1 Å². The van der Waals surface area contributed by atoms with Gasteiger partial charge in [-0.15, -0.1) is 0 Å². The van der Waals surface area contributed by atoms with Gasteiger partial charge in [0.1, 0.15) is 11.5 Å². The molecule has 0 N–H and O–H groups in total. The van der Waals surface area contributed by atoms with Crippen molar-refractivity contribution in [3.8, 4) is 44.9 Å². The molecule has 2 aliphatic rings. The van der Waals surface area contributed by atoms with Gasteiger partial charge >= 0.3 is 0 Å². The summed E-state index contributed by atoms with van der Waals surface area (Å²) in [7, 11) is 0. The lowest BCUT2D eigenvalue weighted by molar-refractivity contribution is 0.487. The van der Waals surface area contributed by atoms with Crippen molar-refractivity contribution in [2.24, 2.45) is 0 Å². The fraction of sp³-hybridized carbons (Fsp3) is 0.0222. The van der Waals surface area contributed by atoms with Crippen LogP contribution in [0.3, 0.4) is 0 Å². The predicted molar refractivity (Wildman–Crippen MR) is 190 cm³/mol. The SMILES string of the molecule is c1ccc(C2(c3ccccc3-c3cccc4c3-c3cccc5cccc(c35)O4)c3ccccc3-c3cc4ccccc4cc32)cc1. The Balaban J connectivity index is 1.34. The van der Waals surface area contributed by atoms with E-state index in [0.29, 0.717) is 0 Å². The number of benzene rings is 8. The van der Waals surface area contributed by atoms with E-state index in [1.165, 1.54) is 71.6 Å².